The maximum absolute atomic E-state index is 5.71. The molecule has 0 saturated heterocycles. The standard InChI is InChI=1S/C22H24N4O/c1-13(2)16-8-6-9-17(14(3)4)21(16)26-12-23-25-22(26)18-10-7-11-19-20(18)24-15(5)27-19/h6-14H,1-5H3. The second-order valence-electron chi connectivity index (χ2n) is 7.50. The number of aromatic nitrogens is 4. The van der Waals surface area contributed by atoms with E-state index in [0.29, 0.717) is 17.7 Å². The Bertz CT molecular complexity index is 1080. The average molecular weight is 360 g/mol. The van der Waals surface area contributed by atoms with Crippen LogP contribution in [0.15, 0.2) is 47.1 Å². The SMILES string of the molecule is Cc1nc2c(-c3nncn3-c3c(C(C)C)cccc3C(C)C)cccc2o1. The van der Waals surface area contributed by atoms with Crippen molar-refractivity contribution in [1.82, 2.24) is 19.7 Å². The van der Waals surface area contributed by atoms with E-state index in [1.54, 1.807) is 6.33 Å². The lowest BCUT2D eigenvalue weighted by atomic mass is 9.92. The van der Waals surface area contributed by atoms with Crippen LogP contribution in [-0.4, -0.2) is 19.7 Å². The zero-order valence-corrected chi connectivity index (χ0v) is 16.4. The molecule has 5 heteroatoms. The van der Waals surface area contributed by atoms with Gasteiger partial charge in [-0.2, -0.15) is 0 Å². The Morgan fingerprint density at radius 1 is 0.926 bits per heavy atom. The summed E-state index contributed by atoms with van der Waals surface area (Å²) < 4.78 is 7.81. The van der Waals surface area contributed by atoms with Gasteiger partial charge >= 0.3 is 0 Å². The van der Waals surface area contributed by atoms with Gasteiger partial charge in [0, 0.05) is 12.5 Å². The summed E-state index contributed by atoms with van der Waals surface area (Å²) in [6, 6.07) is 12.4. The predicted octanol–water partition coefficient (Wildman–Crippen LogP) is 5.63. The molecule has 0 N–H and O–H groups in total. The van der Waals surface area contributed by atoms with Crippen LogP contribution in [0.5, 0.6) is 0 Å². The molecule has 0 radical (unpaired) electrons. The Morgan fingerprint density at radius 3 is 2.26 bits per heavy atom. The highest BCUT2D eigenvalue weighted by molar-refractivity contribution is 5.89. The average Bonchev–Trinajstić information content (AvgIpc) is 3.25. The summed E-state index contributed by atoms with van der Waals surface area (Å²) >= 11 is 0. The lowest BCUT2D eigenvalue weighted by molar-refractivity contribution is 0.561. The van der Waals surface area contributed by atoms with E-state index in [-0.39, 0.29) is 0 Å². The fourth-order valence-corrected chi connectivity index (χ4v) is 3.61. The lowest BCUT2D eigenvalue weighted by Crippen LogP contribution is -2.08. The van der Waals surface area contributed by atoms with Gasteiger partial charge in [-0.1, -0.05) is 52.0 Å². The van der Waals surface area contributed by atoms with Crippen molar-refractivity contribution < 1.29 is 4.42 Å². The number of aryl methyl sites for hydroxylation is 1. The van der Waals surface area contributed by atoms with Crippen LogP contribution >= 0.6 is 0 Å². The maximum atomic E-state index is 5.71. The fourth-order valence-electron chi connectivity index (χ4n) is 3.61. The largest absolute Gasteiger partial charge is 0.441 e. The molecule has 0 aliphatic rings. The summed E-state index contributed by atoms with van der Waals surface area (Å²) in [4.78, 5) is 4.57. The molecule has 27 heavy (non-hydrogen) atoms. The molecule has 0 fully saturated rings. The first-order valence-corrected chi connectivity index (χ1v) is 9.37. The van der Waals surface area contributed by atoms with E-state index in [0.717, 1.165) is 22.5 Å². The highest BCUT2D eigenvalue weighted by Crippen LogP contribution is 2.35. The summed E-state index contributed by atoms with van der Waals surface area (Å²) in [6.45, 7) is 10.7. The Balaban J connectivity index is 2.01. The fraction of sp³-hybridized carbons (Fsp3) is 0.318. The topological polar surface area (TPSA) is 56.7 Å². The number of hydrogen-bond acceptors (Lipinski definition) is 4. The van der Waals surface area contributed by atoms with Crippen molar-refractivity contribution in [3.8, 4) is 17.1 Å². The van der Waals surface area contributed by atoms with E-state index >= 15 is 0 Å². The highest BCUT2D eigenvalue weighted by atomic mass is 16.3. The third-order valence-corrected chi connectivity index (χ3v) is 4.90. The van der Waals surface area contributed by atoms with Crippen LogP contribution in [0.2, 0.25) is 0 Å². The first kappa shape index (κ1) is 17.5. The molecule has 0 atom stereocenters. The minimum absolute atomic E-state index is 0.388. The van der Waals surface area contributed by atoms with Crippen molar-refractivity contribution in [3.05, 3.63) is 59.7 Å². The molecule has 0 unspecified atom stereocenters. The molecule has 0 aliphatic heterocycles. The van der Waals surface area contributed by atoms with Crippen molar-refractivity contribution in [2.24, 2.45) is 0 Å². The van der Waals surface area contributed by atoms with Gasteiger partial charge in [0.15, 0.2) is 17.3 Å². The van der Waals surface area contributed by atoms with Crippen LogP contribution in [0, 0.1) is 6.92 Å². The Hall–Kier alpha value is -2.95. The Kier molecular flexibility index (Phi) is 4.30. The molecule has 4 rings (SSSR count). The summed E-state index contributed by atoms with van der Waals surface area (Å²) in [7, 11) is 0. The van der Waals surface area contributed by atoms with Gasteiger partial charge < -0.3 is 4.42 Å². The van der Waals surface area contributed by atoms with Gasteiger partial charge in [0.1, 0.15) is 11.8 Å². The molecule has 5 nitrogen and oxygen atoms in total. The van der Waals surface area contributed by atoms with Gasteiger partial charge in [0.05, 0.1) is 5.69 Å². The molecule has 0 aliphatic carbocycles. The Labute approximate surface area is 159 Å². The predicted molar refractivity (Wildman–Crippen MR) is 107 cm³/mol. The van der Waals surface area contributed by atoms with Gasteiger partial charge in [-0.25, -0.2) is 4.98 Å². The van der Waals surface area contributed by atoms with Crippen molar-refractivity contribution in [3.63, 3.8) is 0 Å². The monoisotopic (exact) mass is 360 g/mol. The van der Waals surface area contributed by atoms with Crippen LogP contribution in [0.3, 0.4) is 0 Å². The summed E-state index contributed by atoms with van der Waals surface area (Å²) in [5.74, 6) is 2.20. The van der Waals surface area contributed by atoms with Crippen LogP contribution in [-0.2, 0) is 0 Å². The van der Waals surface area contributed by atoms with E-state index in [2.05, 4.69) is 65.6 Å². The van der Waals surface area contributed by atoms with Crippen molar-refractivity contribution in [2.45, 2.75) is 46.5 Å². The van der Waals surface area contributed by atoms with E-state index in [1.807, 2.05) is 25.1 Å². The normalized spacial score (nSPS) is 11.8. The van der Waals surface area contributed by atoms with Gasteiger partial charge in [0.2, 0.25) is 0 Å². The summed E-state index contributed by atoms with van der Waals surface area (Å²) in [5, 5.41) is 8.70. The molecule has 0 saturated carbocycles. The minimum atomic E-state index is 0.388. The third-order valence-electron chi connectivity index (χ3n) is 4.90. The van der Waals surface area contributed by atoms with E-state index < -0.39 is 0 Å². The maximum Gasteiger partial charge on any atom is 0.192 e. The molecule has 0 bridgehead atoms. The number of rotatable bonds is 4. The van der Waals surface area contributed by atoms with Crippen molar-refractivity contribution >= 4 is 11.1 Å². The quantitative estimate of drug-likeness (QED) is 0.473. The van der Waals surface area contributed by atoms with Crippen molar-refractivity contribution in [2.75, 3.05) is 0 Å². The highest BCUT2D eigenvalue weighted by Gasteiger charge is 2.21. The smallest absolute Gasteiger partial charge is 0.192 e. The number of nitrogens with zero attached hydrogens (tertiary/aromatic N) is 4. The molecule has 2 aromatic carbocycles. The Morgan fingerprint density at radius 2 is 1.59 bits per heavy atom. The molecule has 138 valence electrons. The zero-order chi connectivity index (χ0) is 19.1. The molecule has 0 amide bonds. The van der Waals surface area contributed by atoms with E-state index in [1.165, 1.54) is 16.8 Å². The van der Waals surface area contributed by atoms with E-state index in [9.17, 15) is 0 Å². The number of hydrogen-bond donors (Lipinski definition) is 0. The van der Waals surface area contributed by atoms with Crippen LogP contribution in [0.4, 0.5) is 0 Å². The number of oxazole rings is 1. The second kappa shape index (κ2) is 6.65. The molecular formula is C22H24N4O. The van der Waals surface area contributed by atoms with Crippen LogP contribution in [0.1, 0.15) is 56.5 Å². The second-order valence-corrected chi connectivity index (χ2v) is 7.50. The summed E-state index contributed by atoms with van der Waals surface area (Å²) in [5.41, 5.74) is 6.24. The molecule has 2 heterocycles. The molecular weight excluding hydrogens is 336 g/mol. The molecule has 0 spiro atoms. The van der Waals surface area contributed by atoms with Gasteiger partial charge in [-0.15, -0.1) is 10.2 Å². The zero-order valence-electron chi connectivity index (χ0n) is 16.4. The minimum Gasteiger partial charge on any atom is -0.441 e. The van der Waals surface area contributed by atoms with Gasteiger partial charge in [-0.05, 0) is 35.1 Å². The van der Waals surface area contributed by atoms with Gasteiger partial charge in [-0.3, -0.25) is 4.57 Å². The van der Waals surface area contributed by atoms with Crippen LogP contribution in [0.25, 0.3) is 28.2 Å². The number of para-hydroxylation sites is 2. The van der Waals surface area contributed by atoms with E-state index in [4.69, 9.17) is 4.42 Å². The molecule has 2 aromatic heterocycles. The van der Waals surface area contributed by atoms with Crippen LogP contribution < -0.4 is 0 Å². The van der Waals surface area contributed by atoms with Crippen molar-refractivity contribution in [1.29, 1.82) is 0 Å². The first-order chi connectivity index (χ1) is 13.0. The van der Waals surface area contributed by atoms with Gasteiger partial charge in [0.25, 0.3) is 0 Å². The summed E-state index contributed by atoms with van der Waals surface area (Å²) in [6.07, 6.45) is 1.80. The third kappa shape index (κ3) is 2.93. The lowest BCUT2D eigenvalue weighted by Gasteiger charge is -2.21. The first-order valence-electron chi connectivity index (χ1n) is 9.37. The number of fused-ring (bicyclic) bond motifs is 1. The number of benzene rings is 2. The molecule has 4 aromatic rings.